The van der Waals surface area contributed by atoms with Crippen LogP contribution in [0.4, 0.5) is 21.9 Å². The van der Waals surface area contributed by atoms with E-state index in [0.29, 0.717) is 27.9 Å². The molecule has 0 radical (unpaired) electrons. The van der Waals surface area contributed by atoms with Gasteiger partial charge in [-0.15, -0.1) is 11.8 Å². The predicted molar refractivity (Wildman–Crippen MR) is 131 cm³/mol. The van der Waals surface area contributed by atoms with Crippen LogP contribution in [0.1, 0.15) is 16.5 Å². The number of nitrogens with one attached hydrogen (secondary N) is 2. The van der Waals surface area contributed by atoms with E-state index in [0.717, 1.165) is 16.8 Å². The number of nitrogens with zero attached hydrogens (tertiary/aromatic N) is 1. The molecule has 6 nitrogen and oxygen atoms in total. The molecule has 3 aromatic carbocycles. The van der Waals surface area contributed by atoms with Crippen LogP contribution in [0.2, 0.25) is 5.02 Å². The number of aryl methyl sites for hydroxylation is 1. The largest absolute Gasteiger partial charge is 0.495 e. The van der Waals surface area contributed by atoms with Crippen LogP contribution in [0.15, 0.2) is 66.7 Å². The minimum absolute atomic E-state index is 0.0164. The molecule has 1 atom stereocenters. The smallest absolute Gasteiger partial charge is 0.323 e. The Balaban J connectivity index is 1.55. The van der Waals surface area contributed by atoms with Crippen molar-refractivity contribution >= 4 is 52.4 Å². The second-order valence-corrected chi connectivity index (χ2v) is 8.82. The number of hydrogen-bond donors (Lipinski definition) is 2. The summed E-state index contributed by atoms with van der Waals surface area (Å²) in [4.78, 5) is 27.0. The van der Waals surface area contributed by atoms with Crippen molar-refractivity contribution in [3.63, 3.8) is 0 Å². The lowest BCUT2D eigenvalue weighted by Crippen LogP contribution is -2.28. The molecule has 3 aromatic rings. The highest BCUT2D eigenvalue weighted by Gasteiger charge is 2.35. The number of ether oxygens (including phenoxy) is 1. The summed E-state index contributed by atoms with van der Waals surface area (Å²) in [5.41, 5.74) is 3.96. The van der Waals surface area contributed by atoms with E-state index in [4.69, 9.17) is 16.3 Å². The lowest BCUT2D eigenvalue weighted by molar-refractivity contribution is -0.115. The normalized spacial score (nSPS) is 15.5. The molecule has 1 saturated heterocycles. The third-order valence-corrected chi connectivity index (χ3v) is 6.46. The number of anilines is 3. The van der Waals surface area contributed by atoms with Crippen LogP contribution in [0, 0.1) is 6.92 Å². The Kier molecular flexibility index (Phi) is 6.58. The van der Waals surface area contributed by atoms with Crippen molar-refractivity contribution in [1.82, 2.24) is 0 Å². The van der Waals surface area contributed by atoms with Crippen LogP contribution in [-0.4, -0.2) is 24.8 Å². The number of carbonyl (C=O) groups excluding carboxylic acids is 2. The van der Waals surface area contributed by atoms with Gasteiger partial charge in [-0.25, -0.2) is 4.79 Å². The monoisotopic (exact) mass is 467 g/mol. The second kappa shape index (κ2) is 9.54. The Morgan fingerprint density at radius 2 is 1.81 bits per heavy atom. The number of halogens is 1. The van der Waals surface area contributed by atoms with Crippen LogP contribution in [0.3, 0.4) is 0 Å². The van der Waals surface area contributed by atoms with Gasteiger partial charge >= 0.3 is 6.03 Å². The van der Waals surface area contributed by atoms with E-state index in [1.54, 1.807) is 48.0 Å². The van der Waals surface area contributed by atoms with E-state index in [1.807, 2.05) is 49.4 Å². The number of methoxy groups -OCH3 is 1. The van der Waals surface area contributed by atoms with Crippen LogP contribution in [0.5, 0.6) is 5.75 Å². The van der Waals surface area contributed by atoms with Crippen molar-refractivity contribution in [3.8, 4) is 5.75 Å². The molecule has 1 unspecified atom stereocenters. The fraction of sp³-hybridized carbons (Fsp3) is 0.167. The van der Waals surface area contributed by atoms with Gasteiger partial charge in [-0.3, -0.25) is 9.69 Å². The number of rotatable bonds is 5. The van der Waals surface area contributed by atoms with Crippen molar-refractivity contribution in [2.45, 2.75) is 12.3 Å². The lowest BCUT2D eigenvalue weighted by atomic mass is 10.1. The van der Waals surface area contributed by atoms with Crippen LogP contribution < -0.4 is 20.3 Å². The Labute approximate surface area is 195 Å². The highest BCUT2D eigenvalue weighted by Crippen LogP contribution is 2.45. The fourth-order valence-corrected chi connectivity index (χ4v) is 4.80. The molecule has 2 N–H and O–H groups in total. The van der Waals surface area contributed by atoms with E-state index in [2.05, 4.69) is 10.6 Å². The summed E-state index contributed by atoms with van der Waals surface area (Å²) >= 11 is 7.43. The van der Waals surface area contributed by atoms with Gasteiger partial charge in [0.15, 0.2) is 0 Å². The maximum atomic E-state index is 12.8. The van der Waals surface area contributed by atoms with Crippen LogP contribution in [0.25, 0.3) is 0 Å². The zero-order valence-corrected chi connectivity index (χ0v) is 19.2. The molecule has 0 spiro atoms. The average molecular weight is 468 g/mol. The Bertz CT molecular complexity index is 1150. The molecule has 4 rings (SSSR count). The molecule has 0 bridgehead atoms. The van der Waals surface area contributed by atoms with Crippen molar-refractivity contribution in [2.75, 3.05) is 28.4 Å². The zero-order valence-electron chi connectivity index (χ0n) is 17.6. The third kappa shape index (κ3) is 4.84. The van der Waals surface area contributed by atoms with E-state index in [1.165, 1.54) is 0 Å². The first-order valence-corrected chi connectivity index (χ1v) is 11.4. The lowest BCUT2D eigenvalue weighted by Gasteiger charge is -2.26. The Hall–Kier alpha value is -3.16. The quantitative estimate of drug-likeness (QED) is 0.477. The van der Waals surface area contributed by atoms with E-state index >= 15 is 0 Å². The summed E-state index contributed by atoms with van der Waals surface area (Å²) in [7, 11) is 1.60. The molecule has 1 heterocycles. The van der Waals surface area contributed by atoms with Gasteiger partial charge < -0.3 is 15.4 Å². The Morgan fingerprint density at radius 1 is 1.06 bits per heavy atom. The minimum Gasteiger partial charge on any atom is -0.495 e. The topological polar surface area (TPSA) is 70.7 Å². The summed E-state index contributed by atoms with van der Waals surface area (Å²) in [6.45, 7) is 1.98. The van der Waals surface area contributed by atoms with Gasteiger partial charge in [-0.1, -0.05) is 29.8 Å². The molecule has 0 aliphatic carbocycles. The van der Waals surface area contributed by atoms with Gasteiger partial charge in [0.2, 0.25) is 5.91 Å². The maximum absolute atomic E-state index is 12.8. The summed E-state index contributed by atoms with van der Waals surface area (Å²) in [5, 5.41) is 6.00. The fourth-order valence-electron chi connectivity index (χ4n) is 3.52. The minimum atomic E-state index is -0.364. The SMILES string of the molecule is COc1ccc(C)cc1N1C(=O)CSC1c1cccc(NC(=O)Nc2ccc(Cl)cc2)c1. The summed E-state index contributed by atoms with van der Waals surface area (Å²) in [5.74, 6) is 1.03. The molecule has 1 aliphatic heterocycles. The molecular formula is C24H22ClN3O3S. The number of benzene rings is 3. The van der Waals surface area contributed by atoms with Crippen LogP contribution in [-0.2, 0) is 4.79 Å². The zero-order chi connectivity index (χ0) is 22.7. The standard InChI is InChI=1S/C24H22ClN3O3S/c1-15-6-11-21(31-2)20(12-15)28-22(29)14-32-23(28)16-4-3-5-19(13-16)27-24(30)26-18-9-7-17(25)8-10-18/h3-13,23H,14H2,1-2H3,(H2,26,27,30). The molecule has 3 amide bonds. The molecule has 1 fully saturated rings. The van der Waals surface area contributed by atoms with Gasteiger partial charge in [0, 0.05) is 16.4 Å². The molecule has 0 aromatic heterocycles. The molecule has 0 saturated carbocycles. The number of urea groups is 1. The van der Waals surface area contributed by atoms with Gasteiger partial charge in [-0.05, 0) is 66.6 Å². The average Bonchev–Trinajstić information content (AvgIpc) is 3.16. The second-order valence-electron chi connectivity index (χ2n) is 7.31. The van der Waals surface area contributed by atoms with Crippen LogP contribution >= 0.6 is 23.4 Å². The number of carbonyl (C=O) groups is 2. The van der Waals surface area contributed by atoms with Crippen molar-refractivity contribution in [2.24, 2.45) is 0 Å². The summed E-state index contributed by atoms with van der Waals surface area (Å²) in [6.07, 6.45) is 0. The van der Waals surface area contributed by atoms with Crippen molar-refractivity contribution < 1.29 is 14.3 Å². The molecule has 32 heavy (non-hydrogen) atoms. The predicted octanol–water partition coefficient (Wildman–Crippen LogP) is 6.08. The maximum Gasteiger partial charge on any atom is 0.323 e. The highest BCUT2D eigenvalue weighted by molar-refractivity contribution is 8.00. The highest BCUT2D eigenvalue weighted by atomic mass is 35.5. The van der Waals surface area contributed by atoms with Crippen molar-refractivity contribution in [1.29, 1.82) is 0 Å². The first kappa shape index (κ1) is 22.0. The van der Waals surface area contributed by atoms with Gasteiger partial charge in [0.1, 0.15) is 11.1 Å². The summed E-state index contributed by atoms with van der Waals surface area (Å²) in [6, 6.07) is 19.8. The van der Waals surface area contributed by atoms with Gasteiger partial charge in [0.25, 0.3) is 0 Å². The number of hydrogen-bond acceptors (Lipinski definition) is 4. The number of amides is 3. The number of thioether (sulfide) groups is 1. The van der Waals surface area contributed by atoms with Crippen molar-refractivity contribution in [3.05, 3.63) is 82.9 Å². The summed E-state index contributed by atoms with van der Waals surface area (Å²) < 4.78 is 5.51. The first-order valence-electron chi connectivity index (χ1n) is 9.96. The Morgan fingerprint density at radius 3 is 2.56 bits per heavy atom. The van der Waals surface area contributed by atoms with E-state index < -0.39 is 0 Å². The molecular weight excluding hydrogens is 446 g/mol. The van der Waals surface area contributed by atoms with Gasteiger partial charge in [0.05, 0.1) is 18.6 Å². The van der Waals surface area contributed by atoms with E-state index in [9.17, 15) is 9.59 Å². The first-order chi connectivity index (χ1) is 15.4. The molecule has 8 heteroatoms. The van der Waals surface area contributed by atoms with E-state index in [-0.39, 0.29) is 17.3 Å². The van der Waals surface area contributed by atoms with Gasteiger partial charge in [-0.2, -0.15) is 0 Å². The third-order valence-electron chi connectivity index (χ3n) is 4.99. The molecule has 164 valence electrons. The molecule has 1 aliphatic rings.